The summed E-state index contributed by atoms with van der Waals surface area (Å²) in [5.74, 6) is -0.253. The van der Waals surface area contributed by atoms with E-state index in [9.17, 15) is 4.39 Å². The van der Waals surface area contributed by atoms with Gasteiger partial charge in [-0.15, -0.1) is 0 Å². The second kappa shape index (κ2) is 5.43. The quantitative estimate of drug-likeness (QED) is 0.295. The summed E-state index contributed by atoms with van der Waals surface area (Å²) in [4.78, 5) is 0. The van der Waals surface area contributed by atoms with E-state index in [1.54, 1.807) is 6.07 Å². The van der Waals surface area contributed by atoms with Crippen LogP contribution in [0.3, 0.4) is 0 Å². The van der Waals surface area contributed by atoms with Gasteiger partial charge >= 0.3 is 0 Å². The Hall–Kier alpha value is -2.65. The highest BCUT2D eigenvalue weighted by Gasteiger charge is 2.15. The van der Waals surface area contributed by atoms with Crippen molar-refractivity contribution < 1.29 is 4.39 Å². The van der Waals surface area contributed by atoms with E-state index < -0.39 is 0 Å². The Morgan fingerprint density at radius 3 is 2.04 bits per heavy atom. The van der Waals surface area contributed by atoms with Crippen LogP contribution in [0, 0.1) is 5.82 Å². The molecule has 5 aromatic rings. The van der Waals surface area contributed by atoms with E-state index in [0.29, 0.717) is 4.47 Å². The molecule has 0 N–H and O–H groups in total. The molecule has 3 heteroatoms. The van der Waals surface area contributed by atoms with E-state index in [0.717, 1.165) is 27.5 Å². The van der Waals surface area contributed by atoms with E-state index in [4.69, 9.17) is 0 Å². The Kier molecular flexibility index (Phi) is 3.19. The SMILES string of the molecule is Fc1cc2c(cc1Br)c1cc3ccccc3cc1n2-c1ccccc1. The molecule has 0 saturated carbocycles. The summed E-state index contributed by atoms with van der Waals surface area (Å²) in [6.07, 6.45) is 0. The summed E-state index contributed by atoms with van der Waals surface area (Å²) in [6.45, 7) is 0. The van der Waals surface area contributed by atoms with Gasteiger partial charge in [0.05, 0.1) is 15.5 Å². The third-order valence-corrected chi connectivity index (χ3v) is 5.30. The molecule has 0 radical (unpaired) electrons. The zero-order chi connectivity index (χ0) is 17.0. The van der Waals surface area contributed by atoms with E-state index in [2.05, 4.69) is 44.8 Å². The molecule has 1 aromatic heterocycles. The number of fused-ring (bicyclic) bond motifs is 4. The number of hydrogen-bond donors (Lipinski definition) is 0. The molecule has 0 atom stereocenters. The molecule has 0 aliphatic heterocycles. The van der Waals surface area contributed by atoms with Crippen molar-refractivity contribution in [2.45, 2.75) is 0 Å². The van der Waals surface area contributed by atoms with E-state index in [-0.39, 0.29) is 5.82 Å². The molecule has 5 rings (SSSR count). The first-order valence-electron chi connectivity index (χ1n) is 8.10. The second-order valence-corrected chi connectivity index (χ2v) is 7.03. The molecular weight excluding hydrogens is 377 g/mol. The first kappa shape index (κ1) is 14.7. The van der Waals surface area contributed by atoms with Crippen molar-refractivity contribution in [1.82, 2.24) is 4.57 Å². The average Bonchev–Trinajstić information content (AvgIpc) is 2.93. The lowest BCUT2D eigenvalue weighted by molar-refractivity contribution is 0.622. The van der Waals surface area contributed by atoms with Gasteiger partial charge in [0.2, 0.25) is 0 Å². The summed E-state index contributed by atoms with van der Waals surface area (Å²) in [5, 5.41) is 4.52. The standard InChI is InChI=1S/C22H13BrFN/c23-19-12-18-17-10-14-6-4-5-7-15(14)11-21(17)25(22(18)13-20(19)24)16-8-2-1-3-9-16/h1-13H. The molecule has 0 aliphatic carbocycles. The fourth-order valence-corrected chi connectivity index (χ4v) is 3.89. The molecule has 0 unspecified atom stereocenters. The number of halogens is 2. The molecule has 0 amide bonds. The van der Waals surface area contributed by atoms with Gasteiger partial charge in [0.1, 0.15) is 5.82 Å². The summed E-state index contributed by atoms with van der Waals surface area (Å²) < 4.78 is 16.9. The number of hydrogen-bond acceptors (Lipinski definition) is 0. The molecule has 120 valence electrons. The number of benzene rings is 4. The van der Waals surface area contributed by atoms with Crippen LogP contribution in [0.25, 0.3) is 38.3 Å². The molecule has 1 heterocycles. The van der Waals surface area contributed by atoms with Gasteiger partial charge in [0, 0.05) is 16.5 Å². The monoisotopic (exact) mass is 389 g/mol. The van der Waals surface area contributed by atoms with Crippen LogP contribution in [0.1, 0.15) is 0 Å². The van der Waals surface area contributed by atoms with Crippen LogP contribution in [-0.4, -0.2) is 4.57 Å². The maximum absolute atomic E-state index is 14.3. The number of aromatic nitrogens is 1. The van der Waals surface area contributed by atoms with Crippen molar-refractivity contribution in [1.29, 1.82) is 0 Å². The van der Waals surface area contributed by atoms with Crippen LogP contribution in [0.2, 0.25) is 0 Å². The van der Waals surface area contributed by atoms with Crippen LogP contribution in [0.15, 0.2) is 83.3 Å². The second-order valence-electron chi connectivity index (χ2n) is 6.17. The molecule has 1 nitrogen and oxygen atoms in total. The van der Waals surface area contributed by atoms with Crippen LogP contribution in [0.4, 0.5) is 4.39 Å². The fourth-order valence-electron chi connectivity index (χ4n) is 3.55. The van der Waals surface area contributed by atoms with Gasteiger partial charge in [-0.1, -0.05) is 42.5 Å². The van der Waals surface area contributed by atoms with Gasteiger partial charge < -0.3 is 4.57 Å². The molecule has 0 fully saturated rings. The van der Waals surface area contributed by atoms with Crippen LogP contribution < -0.4 is 0 Å². The third-order valence-electron chi connectivity index (χ3n) is 4.69. The molecule has 4 aromatic carbocycles. The highest BCUT2D eigenvalue weighted by Crippen LogP contribution is 2.36. The van der Waals surface area contributed by atoms with Gasteiger partial charge in [-0.2, -0.15) is 0 Å². The zero-order valence-electron chi connectivity index (χ0n) is 13.2. The average molecular weight is 390 g/mol. The van der Waals surface area contributed by atoms with Crippen molar-refractivity contribution in [3.63, 3.8) is 0 Å². The van der Waals surface area contributed by atoms with Gasteiger partial charge in [-0.25, -0.2) is 4.39 Å². The van der Waals surface area contributed by atoms with Gasteiger partial charge in [0.25, 0.3) is 0 Å². The largest absolute Gasteiger partial charge is 0.309 e. The number of para-hydroxylation sites is 1. The lowest BCUT2D eigenvalue weighted by Gasteiger charge is -2.08. The maximum Gasteiger partial charge on any atom is 0.139 e. The van der Waals surface area contributed by atoms with Crippen LogP contribution in [-0.2, 0) is 0 Å². The Balaban J connectivity index is 2.04. The van der Waals surface area contributed by atoms with E-state index in [1.165, 1.54) is 10.8 Å². The lowest BCUT2D eigenvalue weighted by atomic mass is 10.1. The molecule has 25 heavy (non-hydrogen) atoms. The Labute approximate surface area is 152 Å². The minimum atomic E-state index is -0.253. The fraction of sp³-hybridized carbons (Fsp3) is 0. The maximum atomic E-state index is 14.3. The minimum Gasteiger partial charge on any atom is -0.309 e. The van der Waals surface area contributed by atoms with E-state index >= 15 is 0 Å². The molecule has 0 bridgehead atoms. The van der Waals surface area contributed by atoms with Gasteiger partial charge in [-0.3, -0.25) is 0 Å². The van der Waals surface area contributed by atoms with Crippen molar-refractivity contribution >= 4 is 48.5 Å². The lowest BCUT2D eigenvalue weighted by Crippen LogP contribution is -1.93. The zero-order valence-corrected chi connectivity index (χ0v) is 14.8. The molecular formula is C22H13BrFN. The number of rotatable bonds is 1. The predicted octanol–water partition coefficient (Wildman–Crippen LogP) is 6.84. The normalized spacial score (nSPS) is 11.6. The summed E-state index contributed by atoms with van der Waals surface area (Å²) in [5.41, 5.74) is 2.98. The van der Waals surface area contributed by atoms with Crippen molar-refractivity contribution in [2.24, 2.45) is 0 Å². The molecule has 0 spiro atoms. The minimum absolute atomic E-state index is 0.253. The highest BCUT2D eigenvalue weighted by molar-refractivity contribution is 9.10. The Morgan fingerprint density at radius 1 is 0.680 bits per heavy atom. The highest BCUT2D eigenvalue weighted by atomic mass is 79.9. The van der Waals surface area contributed by atoms with Crippen molar-refractivity contribution in [2.75, 3.05) is 0 Å². The topological polar surface area (TPSA) is 4.93 Å². The predicted molar refractivity (Wildman–Crippen MR) is 106 cm³/mol. The van der Waals surface area contributed by atoms with Crippen molar-refractivity contribution in [3.8, 4) is 5.69 Å². The smallest absolute Gasteiger partial charge is 0.139 e. The van der Waals surface area contributed by atoms with Gasteiger partial charge in [0.15, 0.2) is 0 Å². The first-order valence-corrected chi connectivity index (χ1v) is 8.89. The molecule has 0 saturated heterocycles. The first-order chi connectivity index (χ1) is 12.2. The number of nitrogens with zero attached hydrogens (tertiary/aromatic N) is 1. The van der Waals surface area contributed by atoms with E-state index in [1.807, 2.05) is 48.5 Å². The van der Waals surface area contributed by atoms with Crippen LogP contribution >= 0.6 is 15.9 Å². The van der Waals surface area contributed by atoms with Crippen molar-refractivity contribution in [3.05, 3.63) is 89.2 Å². The summed E-state index contributed by atoms with van der Waals surface area (Å²) in [7, 11) is 0. The van der Waals surface area contributed by atoms with Crippen LogP contribution in [0.5, 0.6) is 0 Å². The molecule has 0 aliphatic rings. The third kappa shape index (κ3) is 2.19. The Bertz CT molecular complexity index is 1260. The van der Waals surface area contributed by atoms with Gasteiger partial charge in [-0.05, 0) is 63.1 Å². The summed E-state index contributed by atoms with van der Waals surface area (Å²) in [6, 6.07) is 26.3. The Morgan fingerprint density at radius 2 is 1.28 bits per heavy atom. The summed E-state index contributed by atoms with van der Waals surface area (Å²) >= 11 is 3.33.